The van der Waals surface area contributed by atoms with Crippen LogP contribution in [-0.2, 0) is 4.79 Å². The molecule has 0 aliphatic rings. The van der Waals surface area contributed by atoms with Gasteiger partial charge in [-0.1, -0.05) is 45.5 Å². The Bertz CT molecular complexity index is 205. The van der Waals surface area contributed by atoms with Crippen molar-refractivity contribution in [3.63, 3.8) is 0 Å². The quantitative estimate of drug-likeness (QED) is 0.483. The van der Waals surface area contributed by atoms with Crippen LogP contribution in [0.5, 0.6) is 0 Å². The van der Waals surface area contributed by atoms with Gasteiger partial charge in [0.2, 0.25) is 5.91 Å². The number of unbranched alkanes of at least 4 members (excludes halogenated alkanes) is 3. The van der Waals surface area contributed by atoms with Crippen molar-refractivity contribution in [1.29, 1.82) is 0 Å². The molecule has 0 saturated carbocycles. The van der Waals surface area contributed by atoms with E-state index in [4.69, 9.17) is 6.42 Å². The zero-order valence-electron chi connectivity index (χ0n) is 10.0. The lowest BCUT2D eigenvalue weighted by atomic mass is 9.97. The van der Waals surface area contributed by atoms with Crippen LogP contribution >= 0.6 is 0 Å². The van der Waals surface area contributed by atoms with Crippen LogP contribution in [0.1, 0.15) is 52.4 Å². The van der Waals surface area contributed by atoms with Gasteiger partial charge in [0.25, 0.3) is 0 Å². The van der Waals surface area contributed by atoms with Crippen molar-refractivity contribution < 1.29 is 4.79 Å². The average Bonchev–Trinajstić information content (AvgIpc) is 2.26. The number of hydrogen-bond acceptors (Lipinski definition) is 1. The largest absolute Gasteiger partial charge is 0.345 e. The Kier molecular flexibility index (Phi) is 8.96. The van der Waals surface area contributed by atoms with Gasteiger partial charge in [0.05, 0.1) is 6.54 Å². The average molecular weight is 209 g/mol. The molecule has 0 aromatic carbocycles. The first-order valence-electron chi connectivity index (χ1n) is 5.97. The highest BCUT2D eigenvalue weighted by molar-refractivity contribution is 5.78. The molecule has 1 atom stereocenters. The molecule has 0 fully saturated rings. The molecule has 0 saturated heterocycles. The molecule has 2 nitrogen and oxygen atoms in total. The van der Waals surface area contributed by atoms with Crippen LogP contribution in [0.3, 0.4) is 0 Å². The van der Waals surface area contributed by atoms with Crippen LogP contribution < -0.4 is 5.32 Å². The fraction of sp³-hybridized carbons (Fsp3) is 0.769. The van der Waals surface area contributed by atoms with Crippen LogP contribution in [0.15, 0.2) is 0 Å². The van der Waals surface area contributed by atoms with Crippen molar-refractivity contribution in [2.24, 2.45) is 5.92 Å². The first kappa shape index (κ1) is 14.0. The van der Waals surface area contributed by atoms with Gasteiger partial charge in [-0.05, 0) is 12.8 Å². The van der Waals surface area contributed by atoms with Gasteiger partial charge in [-0.15, -0.1) is 6.42 Å². The lowest BCUT2D eigenvalue weighted by molar-refractivity contribution is -0.125. The minimum absolute atomic E-state index is 0.118. The fourth-order valence-electron chi connectivity index (χ4n) is 1.62. The summed E-state index contributed by atoms with van der Waals surface area (Å²) in [5.74, 6) is 2.69. The molecule has 0 unspecified atom stereocenters. The predicted octanol–water partition coefficient (Wildman–Crippen LogP) is 2.73. The van der Waals surface area contributed by atoms with Gasteiger partial charge in [0, 0.05) is 5.92 Å². The van der Waals surface area contributed by atoms with Crippen molar-refractivity contribution >= 4 is 5.91 Å². The van der Waals surface area contributed by atoms with E-state index in [1.807, 2.05) is 0 Å². The van der Waals surface area contributed by atoms with E-state index in [9.17, 15) is 4.79 Å². The summed E-state index contributed by atoms with van der Waals surface area (Å²) in [4.78, 5) is 11.6. The molecule has 1 amide bonds. The van der Waals surface area contributed by atoms with E-state index >= 15 is 0 Å². The lowest BCUT2D eigenvalue weighted by Gasteiger charge is -2.13. The first-order chi connectivity index (χ1) is 7.26. The van der Waals surface area contributed by atoms with Crippen molar-refractivity contribution in [3.8, 4) is 12.3 Å². The lowest BCUT2D eigenvalue weighted by Crippen LogP contribution is -2.30. The molecule has 0 rings (SSSR count). The van der Waals surface area contributed by atoms with Gasteiger partial charge in [0.1, 0.15) is 0 Å². The molecule has 0 spiro atoms. The van der Waals surface area contributed by atoms with E-state index in [0.29, 0.717) is 6.54 Å². The van der Waals surface area contributed by atoms with Crippen molar-refractivity contribution in [2.75, 3.05) is 6.54 Å². The third-order valence-electron chi connectivity index (χ3n) is 2.63. The highest BCUT2D eigenvalue weighted by Crippen LogP contribution is 2.14. The van der Waals surface area contributed by atoms with Gasteiger partial charge in [-0.3, -0.25) is 4.79 Å². The number of nitrogens with one attached hydrogen (secondary N) is 1. The number of carbonyl (C=O) groups excluding carboxylic acids is 1. The minimum Gasteiger partial charge on any atom is -0.345 e. The third kappa shape index (κ3) is 7.02. The van der Waals surface area contributed by atoms with Crippen LogP contribution in [0.25, 0.3) is 0 Å². The van der Waals surface area contributed by atoms with E-state index < -0.39 is 0 Å². The molecular weight excluding hydrogens is 186 g/mol. The number of amides is 1. The standard InChI is InChI=1S/C13H23NO/c1-4-7-8-9-10-12(6-3)13(15)14-11-5-2/h2,12H,4,6-11H2,1,3H3,(H,14,15)/t12-/m1/s1. The van der Waals surface area contributed by atoms with E-state index in [-0.39, 0.29) is 11.8 Å². The summed E-state index contributed by atoms with van der Waals surface area (Å²) in [6, 6.07) is 0. The summed E-state index contributed by atoms with van der Waals surface area (Å²) in [5.41, 5.74) is 0. The third-order valence-corrected chi connectivity index (χ3v) is 2.63. The summed E-state index contributed by atoms with van der Waals surface area (Å²) in [7, 11) is 0. The monoisotopic (exact) mass is 209 g/mol. The first-order valence-corrected chi connectivity index (χ1v) is 5.97. The van der Waals surface area contributed by atoms with E-state index in [2.05, 4.69) is 25.1 Å². The molecule has 0 aliphatic carbocycles. The molecule has 86 valence electrons. The molecule has 15 heavy (non-hydrogen) atoms. The van der Waals surface area contributed by atoms with Gasteiger partial charge in [-0.2, -0.15) is 0 Å². The van der Waals surface area contributed by atoms with Crippen molar-refractivity contribution in [1.82, 2.24) is 5.32 Å². The second kappa shape index (κ2) is 9.58. The number of terminal acetylenes is 1. The Labute approximate surface area is 93.8 Å². The molecule has 2 heteroatoms. The number of carbonyl (C=O) groups is 1. The highest BCUT2D eigenvalue weighted by Gasteiger charge is 2.14. The summed E-state index contributed by atoms with van der Waals surface area (Å²) >= 11 is 0. The predicted molar refractivity (Wildman–Crippen MR) is 64.4 cm³/mol. The molecule has 0 heterocycles. The molecule has 0 radical (unpaired) electrons. The Balaban J connectivity index is 3.71. The minimum atomic E-state index is 0.118. The Morgan fingerprint density at radius 3 is 2.60 bits per heavy atom. The summed E-state index contributed by atoms with van der Waals surface area (Å²) in [6.07, 6.45) is 11.9. The van der Waals surface area contributed by atoms with Crippen molar-refractivity contribution in [3.05, 3.63) is 0 Å². The van der Waals surface area contributed by atoms with Gasteiger partial charge >= 0.3 is 0 Å². The fourth-order valence-corrected chi connectivity index (χ4v) is 1.62. The molecular formula is C13H23NO. The Hall–Kier alpha value is -0.970. The second-order valence-electron chi connectivity index (χ2n) is 3.88. The van der Waals surface area contributed by atoms with Crippen LogP contribution in [0.4, 0.5) is 0 Å². The van der Waals surface area contributed by atoms with E-state index in [0.717, 1.165) is 19.3 Å². The maximum Gasteiger partial charge on any atom is 0.223 e. The normalized spacial score (nSPS) is 11.8. The maximum atomic E-state index is 11.6. The molecule has 0 aromatic heterocycles. The van der Waals surface area contributed by atoms with E-state index in [1.165, 1.54) is 19.3 Å². The highest BCUT2D eigenvalue weighted by atomic mass is 16.1. The van der Waals surface area contributed by atoms with Gasteiger partial charge in [-0.25, -0.2) is 0 Å². The van der Waals surface area contributed by atoms with Gasteiger partial charge in [0.15, 0.2) is 0 Å². The van der Waals surface area contributed by atoms with Crippen LogP contribution in [-0.4, -0.2) is 12.5 Å². The summed E-state index contributed by atoms with van der Waals surface area (Å²) in [6.45, 7) is 4.60. The van der Waals surface area contributed by atoms with Crippen molar-refractivity contribution in [2.45, 2.75) is 52.4 Å². The topological polar surface area (TPSA) is 29.1 Å². The smallest absolute Gasteiger partial charge is 0.223 e. The summed E-state index contributed by atoms with van der Waals surface area (Å²) in [5, 5.41) is 2.75. The number of rotatable bonds is 8. The SMILES string of the molecule is C#CCNC(=O)[C@H](CC)CCCCCC. The molecule has 0 bridgehead atoms. The van der Waals surface area contributed by atoms with E-state index in [1.54, 1.807) is 0 Å². The molecule has 0 aliphatic heterocycles. The zero-order valence-corrected chi connectivity index (χ0v) is 10.0. The molecule has 1 N–H and O–H groups in total. The van der Waals surface area contributed by atoms with Gasteiger partial charge < -0.3 is 5.32 Å². The summed E-state index contributed by atoms with van der Waals surface area (Å²) < 4.78 is 0. The molecule has 0 aromatic rings. The van der Waals surface area contributed by atoms with Crippen LogP contribution in [0, 0.1) is 18.3 Å². The second-order valence-corrected chi connectivity index (χ2v) is 3.88. The number of hydrogen-bond donors (Lipinski definition) is 1. The Morgan fingerprint density at radius 2 is 2.07 bits per heavy atom. The Morgan fingerprint density at radius 1 is 1.33 bits per heavy atom. The van der Waals surface area contributed by atoms with Crippen LogP contribution in [0.2, 0.25) is 0 Å². The maximum absolute atomic E-state index is 11.6. The zero-order chi connectivity index (χ0) is 11.5.